The zero-order chi connectivity index (χ0) is 17.1. The van der Waals surface area contributed by atoms with Gasteiger partial charge in [0.1, 0.15) is 11.6 Å². The van der Waals surface area contributed by atoms with Gasteiger partial charge in [0.15, 0.2) is 6.10 Å². The van der Waals surface area contributed by atoms with Crippen LogP contribution in [0.15, 0.2) is 48.5 Å². The van der Waals surface area contributed by atoms with Crippen LogP contribution in [0.5, 0.6) is 5.75 Å². The molecule has 24 heavy (non-hydrogen) atoms. The molecule has 6 heteroatoms. The van der Waals surface area contributed by atoms with Crippen LogP contribution >= 0.6 is 0 Å². The number of ether oxygens (including phenoxy) is 1. The van der Waals surface area contributed by atoms with E-state index in [4.69, 9.17) is 4.74 Å². The summed E-state index contributed by atoms with van der Waals surface area (Å²) in [5.41, 5.74) is 1.18. The lowest BCUT2D eigenvalue weighted by Gasteiger charge is -2.32. The molecule has 1 N–H and O–H groups in total. The van der Waals surface area contributed by atoms with E-state index in [1.165, 1.54) is 24.3 Å². The Hall–Kier alpha value is -2.89. The SMILES string of the molecule is C[C@H]1Oc2ccccc2N(CCC(=O)Nc2ccc(F)cc2)C1=O. The molecule has 2 aromatic carbocycles. The highest BCUT2D eigenvalue weighted by molar-refractivity contribution is 6.00. The number of hydrogen-bond acceptors (Lipinski definition) is 3. The molecule has 0 aliphatic carbocycles. The summed E-state index contributed by atoms with van der Waals surface area (Å²) in [5, 5.41) is 2.68. The largest absolute Gasteiger partial charge is 0.479 e. The third kappa shape index (κ3) is 3.37. The van der Waals surface area contributed by atoms with Crippen LogP contribution < -0.4 is 15.0 Å². The van der Waals surface area contributed by atoms with Crippen LogP contribution in [-0.2, 0) is 9.59 Å². The summed E-state index contributed by atoms with van der Waals surface area (Å²) in [4.78, 5) is 26.0. The van der Waals surface area contributed by atoms with Gasteiger partial charge in [-0.3, -0.25) is 9.59 Å². The molecule has 2 aromatic rings. The number of anilines is 2. The Morgan fingerprint density at radius 2 is 1.92 bits per heavy atom. The normalized spacial score (nSPS) is 16.3. The van der Waals surface area contributed by atoms with Gasteiger partial charge in [-0.25, -0.2) is 4.39 Å². The number of fused-ring (bicyclic) bond motifs is 1. The summed E-state index contributed by atoms with van der Waals surface area (Å²) < 4.78 is 18.4. The maximum atomic E-state index is 12.9. The number of rotatable bonds is 4. The van der Waals surface area contributed by atoms with Gasteiger partial charge < -0.3 is 15.0 Å². The maximum absolute atomic E-state index is 12.9. The summed E-state index contributed by atoms with van der Waals surface area (Å²) in [7, 11) is 0. The molecule has 1 atom stereocenters. The van der Waals surface area contributed by atoms with Crippen molar-refractivity contribution >= 4 is 23.2 Å². The predicted octanol–water partition coefficient (Wildman–Crippen LogP) is 2.97. The van der Waals surface area contributed by atoms with E-state index in [-0.39, 0.29) is 30.6 Å². The number of hydrogen-bond donors (Lipinski definition) is 1. The summed E-state index contributed by atoms with van der Waals surface area (Å²) >= 11 is 0. The molecule has 0 saturated heterocycles. The first kappa shape index (κ1) is 16.0. The van der Waals surface area contributed by atoms with Crippen LogP contribution in [0.25, 0.3) is 0 Å². The van der Waals surface area contributed by atoms with E-state index in [2.05, 4.69) is 5.32 Å². The standard InChI is InChI=1S/C18H17FN2O3/c1-12-18(23)21(15-4-2-3-5-16(15)24-12)11-10-17(22)20-14-8-6-13(19)7-9-14/h2-9,12H,10-11H2,1H3,(H,20,22)/t12-/m1/s1. The molecule has 0 fully saturated rings. The van der Waals surface area contributed by atoms with Crippen LogP contribution in [0.2, 0.25) is 0 Å². The van der Waals surface area contributed by atoms with Gasteiger partial charge in [-0.1, -0.05) is 12.1 Å². The summed E-state index contributed by atoms with van der Waals surface area (Å²) in [5.74, 6) is -0.157. The van der Waals surface area contributed by atoms with E-state index in [9.17, 15) is 14.0 Å². The highest BCUT2D eigenvalue weighted by Crippen LogP contribution is 2.33. The second kappa shape index (κ2) is 6.70. The number of para-hydroxylation sites is 2. The first-order valence-electron chi connectivity index (χ1n) is 7.67. The van der Waals surface area contributed by atoms with E-state index in [0.717, 1.165) is 0 Å². The maximum Gasteiger partial charge on any atom is 0.267 e. The van der Waals surface area contributed by atoms with Crippen LogP contribution in [-0.4, -0.2) is 24.5 Å². The Balaban J connectivity index is 1.66. The lowest BCUT2D eigenvalue weighted by molar-refractivity contribution is -0.125. The second-order valence-corrected chi connectivity index (χ2v) is 5.52. The minimum absolute atomic E-state index is 0.129. The van der Waals surface area contributed by atoms with Gasteiger partial charge in [0.05, 0.1) is 5.69 Å². The Bertz CT molecular complexity index is 761. The molecule has 3 rings (SSSR count). The van der Waals surface area contributed by atoms with Gasteiger partial charge in [-0.05, 0) is 43.3 Å². The van der Waals surface area contributed by atoms with E-state index in [1.54, 1.807) is 24.0 Å². The van der Waals surface area contributed by atoms with Crippen molar-refractivity contribution < 1.29 is 18.7 Å². The van der Waals surface area contributed by atoms with Crippen LogP contribution in [0, 0.1) is 5.82 Å². The molecular weight excluding hydrogens is 311 g/mol. The fourth-order valence-electron chi connectivity index (χ4n) is 2.56. The predicted molar refractivity (Wildman–Crippen MR) is 88.5 cm³/mol. The molecule has 5 nitrogen and oxygen atoms in total. The summed E-state index contributed by atoms with van der Waals surface area (Å²) in [6, 6.07) is 12.8. The van der Waals surface area contributed by atoms with E-state index in [0.29, 0.717) is 17.1 Å². The van der Waals surface area contributed by atoms with E-state index < -0.39 is 6.10 Å². The van der Waals surface area contributed by atoms with Gasteiger partial charge in [-0.2, -0.15) is 0 Å². The molecule has 1 aliphatic heterocycles. The zero-order valence-electron chi connectivity index (χ0n) is 13.2. The van der Waals surface area contributed by atoms with Crippen molar-refractivity contribution in [2.24, 2.45) is 0 Å². The molecule has 0 bridgehead atoms. The quantitative estimate of drug-likeness (QED) is 0.939. The first-order valence-corrected chi connectivity index (χ1v) is 7.67. The monoisotopic (exact) mass is 328 g/mol. The molecule has 124 valence electrons. The van der Waals surface area contributed by atoms with Crippen LogP contribution in [0.3, 0.4) is 0 Å². The summed E-state index contributed by atoms with van der Waals surface area (Å²) in [6.45, 7) is 1.93. The van der Waals surface area contributed by atoms with Crippen molar-refractivity contribution in [1.82, 2.24) is 0 Å². The Morgan fingerprint density at radius 3 is 2.67 bits per heavy atom. The molecule has 0 spiro atoms. The number of benzene rings is 2. The molecule has 2 amide bonds. The average molecular weight is 328 g/mol. The minimum atomic E-state index is -0.583. The fourth-order valence-corrected chi connectivity index (χ4v) is 2.56. The number of carbonyl (C=O) groups excluding carboxylic acids is 2. The topological polar surface area (TPSA) is 58.6 Å². The number of carbonyl (C=O) groups is 2. The molecule has 1 heterocycles. The molecule has 0 radical (unpaired) electrons. The van der Waals surface area contributed by atoms with Gasteiger partial charge in [0.25, 0.3) is 5.91 Å². The average Bonchev–Trinajstić information content (AvgIpc) is 2.57. The third-order valence-corrected chi connectivity index (χ3v) is 3.76. The van der Waals surface area contributed by atoms with Crippen molar-refractivity contribution in [3.05, 3.63) is 54.3 Å². The molecule has 0 unspecified atom stereocenters. The van der Waals surface area contributed by atoms with E-state index >= 15 is 0 Å². The second-order valence-electron chi connectivity index (χ2n) is 5.52. The van der Waals surface area contributed by atoms with E-state index in [1.807, 2.05) is 12.1 Å². The van der Waals surface area contributed by atoms with Gasteiger partial charge in [0, 0.05) is 18.7 Å². The lowest BCUT2D eigenvalue weighted by Crippen LogP contribution is -2.45. The lowest BCUT2D eigenvalue weighted by atomic mass is 10.1. The van der Waals surface area contributed by atoms with Crippen molar-refractivity contribution in [3.8, 4) is 5.75 Å². The smallest absolute Gasteiger partial charge is 0.267 e. The Labute approximate surface area is 139 Å². The first-order chi connectivity index (χ1) is 11.5. The molecule has 1 aliphatic rings. The van der Waals surface area contributed by atoms with Crippen LogP contribution in [0.1, 0.15) is 13.3 Å². The van der Waals surface area contributed by atoms with Gasteiger partial charge in [0.2, 0.25) is 5.91 Å². The van der Waals surface area contributed by atoms with Gasteiger partial charge >= 0.3 is 0 Å². The van der Waals surface area contributed by atoms with Crippen LogP contribution in [0.4, 0.5) is 15.8 Å². The Morgan fingerprint density at radius 1 is 1.21 bits per heavy atom. The van der Waals surface area contributed by atoms with Crippen molar-refractivity contribution in [3.63, 3.8) is 0 Å². The number of halogens is 1. The number of amides is 2. The summed E-state index contributed by atoms with van der Waals surface area (Å²) in [6.07, 6.45) is -0.454. The molecule has 0 saturated carbocycles. The van der Waals surface area contributed by atoms with Crippen molar-refractivity contribution in [2.45, 2.75) is 19.4 Å². The third-order valence-electron chi connectivity index (χ3n) is 3.76. The Kier molecular flexibility index (Phi) is 4.46. The molecular formula is C18H17FN2O3. The zero-order valence-corrected chi connectivity index (χ0v) is 13.2. The van der Waals surface area contributed by atoms with Crippen molar-refractivity contribution in [1.29, 1.82) is 0 Å². The molecule has 0 aromatic heterocycles. The number of nitrogens with one attached hydrogen (secondary N) is 1. The highest BCUT2D eigenvalue weighted by Gasteiger charge is 2.31. The highest BCUT2D eigenvalue weighted by atomic mass is 19.1. The number of nitrogens with zero attached hydrogens (tertiary/aromatic N) is 1. The van der Waals surface area contributed by atoms with Crippen molar-refractivity contribution in [2.75, 3.05) is 16.8 Å². The van der Waals surface area contributed by atoms with Gasteiger partial charge in [-0.15, -0.1) is 0 Å². The fraction of sp³-hybridized carbons (Fsp3) is 0.222. The minimum Gasteiger partial charge on any atom is -0.479 e.